The monoisotopic (exact) mass is 271 g/mol. The fourth-order valence-corrected chi connectivity index (χ4v) is 2.38. The first-order valence-corrected chi connectivity index (χ1v) is 6.48. The SMILES string of the molecule is Cn1c(-c2ccc(CN)cc2)nc2ccc(Cl)cc21. The topological polar surface area (TPSA) is 43.8 Å². The molecule has 96 valence electrons. The molecule has 0 bridgehead atoms. The molecule has 0 fully saturated rings. The Balaban J connectivity index is 2.16. The van der Waals surface area contributed by atoms with Gasteiger partial charge in [-0.1, -0.05) is 35.9 Å². The summed E-state index contributed by atoms with van der Waals surface area (Å²) in [5, 5.41) is 0.723. The highest BCUT2D eigenvalue weighted by atomic mass is 35.5. The Kier molecular flexibility index (Phi) is 3.01. The van der Waals surface area contributed by atoms with Crippen LogP contribution in [0.1, 0.15) is 5.56 Å². The summed E-state index contributed by atoms with van der Waals surface area (Å²) in [4.78, 5) is 4.65. The number of aromatic nitrogens is 2. The zero-order valence-corrected chi connectivity index (χ0v) is 11.4. The van der Waals surface area contributed by atoms with Gasteiger partial charge in [-0.3, -0.25) is 0 Å². The van der Waals surface area contributed by atoms with Crippen molar-refractivity contribution in [3.63, 3.8) is 0 Å². The molecule has 3 nitrogen and oxygen atoms in total. The van der Waals surface area contributed by atoms with E-state index in [1.54, 1.807) is 0 Å². The second-order valence-electron chi connectivity index (χ2n) is 4.53. The van der Waals surface area contributed by atoms with Crippen molar-refractivity contribution < 1.29 is 0 Å². The minimum absolute atomic E-state index is 0.554. The number of hydrogen-bond donors (Lipinski definition) is 1. The maximum absolute atomic E-state index is 6.03. The van der Waals surface area contributed by atoms with Crippen molar-refractivity contribution in [2.24, 2.45) is 12.8 Å². The van der Waals surface area contributed by atoms with Gasteiger partial charge in [-0.25, -0.2) is 4.98 Å². The van der Waals surface area contributed by atoms with Crippen LogP contribution in [0.3, 0.4) is 0 Å². The first-order valence-electron chi connectivity index (χ1n) is 6.10. The predicted octanol–water partition coefficient (Wildman–Crippen LogP) is 3.35. The van der Waals surface area contributed by atoms with E-state index in [2.05, 4.69) is 9.55 Å². The maximum Gasteiger partial charge on any atom is 0.140 e. The third kappa shape index (κ3) is 2.11. The molecule has 0 radical (unpaired) electrons. The molecule has 0 atom stereocenters. The molecule has 0 aliphatic rings. The van der Waals surface area contributed by atoms with E-state index in [9.17, 15) is 0 Å². The summed E-state index contributed by atoms with van der Waals surface area (Å²) >= 11 is 6.03. The summed E-state index contributed by atoms with van der Waals surface area (Å²) in [6.07, 6.45) is 0. The quantitative estimate of drug-likeness (QED) is 0.777. The number of fused-ring (bicyclic) bond motifs is 1. The number of hydrogen-bond acceptors (Lipinski definition) is 2. The number of rotatable bonds is 2. The molecule has 4 heteroatoms. The molecule has 2 N–H and O–H groups in total. The van der Waals surface area contributed by atoms with E-state index in [1.807, 2.05) is 49.5 Å². The van der Waals surface area contributed by atoms with Crippen LogP contribution in [0.5, 0.6) is 0 Å². The summed E-state index contributed by atoms with van der Waals surface area (Å²) in [6, 6.07) is 13.9. The molecule has 19 heavy (non-hydrogen) atoms. The summed E-state index contributed by atoms with van der Waals surface area (Å²) in [5.74, 6) is 0.931. The predicted molar refractivity (Wildman–Crippen MR) is 79.1 cm³/mol. The Morgan fingerprint density at radius 3 is 2.58 bits per heavy atom. The number of halogens is 1. The van der Waals surface area contributed by atoms with E-state index in [1.165, 1.54) is 0 Å². The highest BCUT2D eigenvalue weighted by molar-refractivity contribution is 6.31. The Morgan fingerprint density at radius 2 is 1.89 bits per heavy atom. The van der Waals surface area contributed by atoms with Crippen molar-refractivity contribution in [1.82, 2.24) is 9.55 Å². The Bertz CT molecular complexity index is 729. The van der Waals surface area contributed by atoms with Crippen molar-refractivity contribution >= 4 is 22.6 Å². The summed E-state index contributed by atoms with van der Waals surface area (Å²) in [5.41, 5.74) is 9.78. The van der Waals surface area contributed by atoms with Crippen LogP contribution < -0.4 is 5.73 Å². The van der Waals surface area contributed by atoms with Crippen molar-refractivity contribution in [1.29, 1.82) is 0 Å². The minimum Gasteiger partial charge on any atom is -0.327 e. The van der Waals surface area contributed by atoms with Crippen molar-refractivity contribution in [3.8, 4) is 11.4 Å². The van der Waals surface area contributed by atoms with Crippen LogP contribution >= 0.6 is 11.6 Å². The van der Waals surface area contributed by atoms with Crippen LogP contribution in [0.25, 0.3) is 22.4 Å². The Morgan fingerprint density at radius 1 is 1.16 bits per heavy atom. The van der Waals surface area contributed by atoms with Crippen LogP contribution in [-0.4, -0.2) is 9.55 Å². The fourth-order valence-electron chi connectivity index (χ4n) is 2.21. The van der Waals surface area contributed by atoms with E-state index in [0.29, 0.717) is 6.54 Å². The molecule has 0 saturated carbocycles. The van der Waals surface area contributed by atoms with E-state index in [-0.39, 0.29) is 0 Å². The van der Waals surface area contributed by atoms with Gasteiger partial charge in [0, 0.05) is 24.2 Å². The van der Waals surface area contributed by atoms with E-state index in [4.69, 9.17) is 17.3 Å². The van der Waals surface area contributed by atoms with Crippen LogP contribution in [0, 0.1) is 0 Å². The van der Waals surface area contributed by atoms with Gasteiger partial charge >= 0.3 is 0 Å². The van der Waals surface area contributed by atoms with Crippen molar-refractivity contribution in [3.05, 3.63) is 53.1 Å². The highest BCUT2D eigenvalue weighted by Crippen LogP contribution is 2.25. The van der Waals surface area contributed by atoms with Gasteiger partial charge in [-0.2, -0.15) is 0 Å². The zero-order chi connectivity index (χ0) is 13.4. The number of nitrogens with zero attached hydrogens (tertiary/aromatic N) is 2. The van der Waals surface area contributed by atoms with Gasteiger partial charge in [-0.15, -0.1) is 0 Å². The van der Waals surface area contributed by atoms with Gasteiger partial charge in [-0.05, 0) is 23.8 Å². The second-order valence-corrected chi connectivity index (χ2v) is 4.96. The minimum atomic E-state index is 0.554. The first-order chi connectivity index (χ1) is 9.19. The lowest BCUT2D eigenvalue weighted by molar-refractivity contribution is 0.958. The van der Waals surface area contributed by atoms with Gasteiger partial charge in [0.1, 0.15) is 5.82 Å². The third-order valence-electron chi connectivity index (χ3n) is 3.29. The molecule has 0 saturated heterocycles. The molecule has 0 aliphatic carbocycles. The van der Waals surface area contributed by atoms with E-state index in [0.717, 1.165) is 33.0 Å². The average molecular weight is 272 g/mol. The van der Waals surface area contributed by atoms with Gasteiger partial charge in [0.05, 0.1) is 11.0 Å². The van der Waals surface area contributed by atoms with Gasteiger partial charge < -0.3 is 10.3 Å². The van der Waals surface area contributed by atoms with Crippen LogP contribution in [0.2, 0.25) is 5.02 Å². The molecule has 3 aromatic rings. The van der Waals surface area contributed by atoms with Crippen molar-refractivity contribution in [2.75, 3.05) is 0 Å². The molecule has 0 amide bonds. The largest absolute Gasteiger partial charge is 0.327 e. The number of nitrogens with two attached hydrogens (primary N) is 1. The smallest absolute Gasteiger partial charge is 0.140 e. The van der Waals surface area contributed by atoms with E-state index >= 15 is 0 Å². The molecule has 3 rings (SSSR count). The van der Waals surface area contributed by atoms with Gasteiger partial charge in [0.25, 0.3) is 0 Å². The lowest BCUT2D eigenvalue weighted by Crippen LogP contribution is -1.96. The number of benzene rings is 2. The summed E-state index contributed by atoms with van der Waals surface area (Å²) in [6.45, 7) is 0.554. The highest BCUT2D eigenvalue weighted by Gasteiger charge is 2.09. The number of imidazole rings is 1. The Labute approximate surface area is 116 Å². The van der Waals surface area contributed by atoms with Gasteiger partial charge in [0.2, 0.25) is 0 Å². The Hall–Kier alpha value is -1.84. The maximum atomic E-state index is 6.03. The molecule has 0 unspecified atom stereocenters. The third-order valence-corrected chi connectivity index (χ3v) is 3.53. The van der Waals surface area contributed by atoms with E-state index < -0.39 is 0 Å². The van der Waals surface area contributed by atoms with Crippen LogP contribution in [-0.2, 0) is 13.6 Å². The molecule has 1 heterocycles. The molecule has 1 aromatic heterocycles. The normalized spacial score (nSPS) is 11.1. The standard InChI is InChI=1S/C15H14ClN3/c1-19-14-8-12(16)6-7-13(14)18-15(19)11-4-2-10(9-17)3-5-11/h2-8H,9,17H2,1H3. The van der Waals surface area contributed by atoms with Crippen LogP contribution in [0.15, 0.2) is 42.5 Å². The number of aryl methyl sites for hydroxylation is 1. The molecular formula is C15H14ClN3. The molecular weight excluding hydrogens is 258 g/mol. The van der Waals surface area contributed by atoms with Crippen molar-refractivity contribution in [2.45, 2.75) is 6.54 Å². The molecule has 0 spiro atoms. The lowest BCUT2D eigenvalue weighted by atomic mass is 10.1. The molecule has 2 aromatic carbocycles. The van der Waals surface area contributed by atoms with Gasteiger partial charge in [0.15, 0.2) is 0 Å². The zero-order valence-electron chi connectivity index (χ0n) is 10.6. The van der Waals surface area contributed by atoms with Crippen LogP contribution in [0.4, 0.5) is 0 Å². The fraction of sp³-hybridized carbons (Fsp3) is 0.133. The summed E-state index contributed by atoms with van der Waals surface area (Å²) in [7, 11) is 2.00. The first kappa shape index (κ1) is 12.2. The average Bonchev–Trinajstić information content (AvgIpc) is 2.76. The summed E-state index contributed by atoms with van der Waals surface area (Å²) < 4.78 is 2.05. The second kappa shape index (κ2) is 4.68. The molecule has 0 aliphatic heterocycles. The lowest BCUT2D eigenvalue weighted by Gasteiger charge is -2.03.